The van der Waals surface area contributed by atoms with Crippen molar-refractivity contribution < 1.29 is 0 Å². The third kappa shape index (κ3) is 1.79. The number of nitrogen functional groups attached to an aromatic ring is 1. The van der Waals surface area contributed by atoms with Crippen LogP contribution in [0.5, 0.6) is 0 Å². The number of nitriles is 1. The van der Waals surface area contributed by atoms with Crippen molar-refractivity contribution in [3.05, 3.63) is 36.9 Å². The van der Waals surface area contributed by atoms with Crippen LogP contribution in [0.2, 0.25) is 0 Å². The number of nitrogens with zero attached hydrogens (tertiary/aromatic N) is 7. The third-order valence-electron chi connectivity index (χ3n) is 3.22. The maximum Gasteiger partial charge on any atom is 0.206 e. The summed E-state index contributed by atoms with van der Waals surface area (Å²) in [5.74, 6) is 0.385. The summed E-state index contributed by atoms with van der Waals surface area (Å²) in [6, 6.07) is 3.54. The van der Waals surface area contributed by atoms with Crippen LogP contribution in [0.3, 0.4) is 0 Å². The Morgan fingerprint density at radius 2 is 2.18 bits per heavy atom. The molecule has 0 aliphatic carbocycles. The third-order valence-corrected chi connectivity index (χ3v) is 3.22. The first-order valence-corrected chi connectivity index (χ1v) is 6.35. The molecule has 0 bridgehead atoms. The standard InChI is InChI=1S/C13H9N9/c14-7-21-5-8(4-17-21)13-11-1-2-16-22(11)6-10(18-13)9-3-12(15)20-19-9/h1-6H,(H3,15,19,20). The van der Waals surface area contributed by atoms with E-state index in [2.05, 4.69) is 25.4 Å². The van der Waals surface area contributed by atoms with Crippen LogP contribution in [0.15, 0.2) is 36.9 Å². The molecule has 0 radical (unpaired) electrons. The average molecular weight is 291 g/mol. The number of rotatable bonds is 2. The van der Waals surface area contributed by atoms with Gasteiger partial charge in [0.05, 0.1) is 41.7 Å². The molecular weight excluding hydrogens is 282 g/mol. The van der Waals surface area contributed by atoms with Gasteiger partial charge in [0.25, 0.3) is 0 Å². The van der Waals surface area contributed by atoms with Crippen molar-refractivity contribution in [3.8, 4) is 28.8 Å². The Balaban J connectivity index is 1.96. The number of aromatic nitrogens is 7. The highest BCUT2D eigenvalue weighted by Gasteiger charge is 2.13. The predicted octanol–water partition coefficient (Wildman–Crippen LogP) is 0.894. The van der Waals surface area contributed by atoms with Gasteiger partial charge in [-0.25, -0.2) is 9.50 Å². The van der Waals surface area contributed by atoms with E-state index in [1.54, 1.807) is 35.4 Å². The molecule has 4 heterocycles. The number of H-pyrrole nitrogens is 1. The van der Waals surface area contributed by atoms with Crippen molar-refractivity contribution >= 4 is 11.3 Å². The molecule has 0 unspecified atom stereocenters. The zero-order valence-corrected chi connectivity index (χ0v) is 11.2. The first-order valence-electron chi connectivity index (χ1n) is 6.35. The minimum atomic E-state index is 0.385. The molecule has 9 nitrogen and oxygen atoms in total. The smallest absolute Gasteiger partial charge is 0.206 e. The van der Waals surface area contributed by atoms with E-state index in [4.69, 9.17) is 11.0 Å². The van der Waals surface area contributed by atoms with E-state index in [1.807, 2.05) is 12.3 Å². The summed E-state index contributed by atoms with van der Waals surface area (Å²) in [5, 5.41) is 23.8. The molecule has 4 rings (SSSR count). The zero-order chi connectivity index (χ0) is 15.1. The lowest BCUT2D eigenvalue weighted by Gasteiger charge is -2.04. The van der Waals surface area contributed by atoms with E-state index in [0.29, 0.717) is 22.9 Å². The maximum absolute atomic E-state index is 8.89. The molecule has 3 N–H and O–H groups in total. The molecule has 0 saturated carbocycles. The van der Waals surface area contributed by atoms with Crippen LogP contribution in [-0.4, -0.2) is 34.6 Å². The van der Waals surface area contributed by atoms with Crippen molar-refractivity contribution in [1.29, 1.82) is 5.26 Å². The van der Waals surface area contributed by atoms with Crippen molar-refractivity contribution in [2.75, 3.05) is 5.73 Å². The van der Waals surface area contributed by atoms with Gasteiger partial charge in [0.1, 0.15) is 11.5 Å². The van der Waals surface area contributed by atoms with Crippen LogP contribution in [0.25, 0.3) is 28.2 Å². The Hall–Kier alpha value is -3.67. The van der Waals surface area contributed by atoms with E-state index in [9.17, 15) is 0 Å². The second-order valence-electron chi connectivity index (χ2n) is 4.62. The number of anilines is 1. The largest absolute Gasteiger partial charge is 0.382 e. The molecule has 0 atom stereocenters. The van der Waals surface area contributed by atoms with Crippen LogP contribution in [-0.2, 0) is 0 Å². The average Bonchev–Trinajstić information content (AvgIpc) is 3.25. The number of fused-ring (bicyclic) bond motifs is 1. The van der Waals surface area contributed by atoms with Crippen LogP contribution < -0.4 is 5.73 Å². The second kappa shape index (κ2) is 4.42. The van der Waals surface area contributed by atoms with Gasteiger partial charge in [-0.15, -0.1) is 0 Å². The lowest BCUT2D eigenvalue weighted by molar-refractivity contribution is 0.898. The van der Waals surface area contributed by atoms with Gasteiger partial charge in [-0.3, -0.25) is 5.10 Å². The summed E-state index contributed by atoms with van der Waals surface area (Å²) in [6.45, 7) is 0. The van der Waals surface area contributed by atoms with Gasteiger partial charge in [0.2, 0.25) is 6.19 Å². The normalized spacial score (nSPS) is 10.9. The summed E-state index contributed by atoms with van der Waals surface area (Å²) >= 11 is 0. The first-order chi connectivity index (χ1) is 10.7. The monoisotopic (exact) mass is 291 g/mol. The predicted molar refractivity (Wildman–Crippen MR) is 77.2 cm³/mol. The van der Waals surface area contributed by atoms with Crippen molar-refractivity contribution in [2.24, 2.45) is 0 Å². The van der Waals surface area contributed by atoms with Crippen molar-refractivity contribution in [2.45, 2.75) is 0 Å². The quantitative estimate of drug-likeness (QED) is 0.564. The van der Waals surface area contributed by atoms with Gasteiger partial charge in [0, 0.05) is 11.6 Å². The highest BCUT2D eigenvalue weighted by Crippen LogP contribution is 2.26. The fraction of sp³-hybridized carbons (Fsp3) is 0. The molecule has 0 amide bonds. The van der Waals surface area contributed by atoms with E-state index >= 15 is 0 Å². The Morgan fingerprint density at radius 1 is 1.27 bits per heavy atom. The SMILES string of the molecule is N#Cn1cc(-c2nc(-c3cc(N)n[nH]3)cn3nccc23)cn1. The molecule has 4 aromatic rings. The van der Waals surface area contributed by atoms with Gasteiger partial charge in [-0.1, -0.05) is 0 Å². The Morgan fingerprint density at radius 3 is 2.91 bits per heavy atom. The van der Waals surface area contributed by atoms with Crippen LogP contribution >= 0.6 is 0 Å². The van der Waals surface area contributed by atoms with Crippen molar-refractivity contribution in [3.63, 3.8) is 0 Å². The molecule has 0 aliphatic heterocycles. The highest BCUT2D eigenvalue weighted by atomic mass is 15.3. The highest BCUT2D eigenvalue weighted by molar-refractivity contribution is 5.78. The summed E-state index contributed by atoms with van der Waals surface area (Å²) in [6.07, 6.45) is 8.59. The second-order valence-corrected chi connectivity index (χ2v) is 4.62. The maximum atomic E-state index is 8.89. The summed E-state index contributed by atoms with van der Waals surface area (Å²) in [7, 11) is 0. The molecule has 0 aliphatic rings. The van der Waals surface area contributed by atoms with E-state index in [1.165, 1.54) is 4.68 Å². The molecule has 0 spiro atoms. The van der Waals surface area contributed by atoms with Gasteiger partial charge in [-0.05, 0) is 6.07 Å². The van der Waals surface area contributed by atoms with Crippen LogP contribution in [0.4, 0.5) is 5.82 Å². The Kier molecular flexibility index (Phi) is 2.43. The van der Waals surface area contributed by atoms with Gasteiger partial charge in [0.15, 0.2) is 0 Å². The zero-order valence-electron chi connectivity index (χ0n) is 11.2. The number of nitrogens with two attached hydrogens (primary N) is 1. The van der Waals surface area contributed by atoms with E-state index in [-0.39, 0.29) is 0 Å². The number of hydrogen-bond acceptors (Lipinski definition) is 6. The number of hydrogen-bond donors (Lipinski definition) is 2. The number of nitrogens with one attached hydrogen (secondary N) is 1. The molecule has 0 aromatic carbocycles. The fourth-order valence-electron chi connectivity index (χ4n) is 2.24. The molecule has 106 valence electrons. The number of aromatic amines is 1. The molecule has 0 fully saturated rings. The molecule has 4 aromatic heterocycles. The summed E-state index contributed by atoms with van der Waals surface area (Å²) in [4.78, 5) is 4.62. The van der Waals surface area contributed by atoms with Crippen LogP contribution in [0, 0.1) is 11.5 Å². The van der Waals surface area contributed by atoms with Crippen LogP contribution in [0.1, 0.15) is 0 Å². The van der Waals surface area contributed by atoms with E-state index in [0.717, 1.165) is 11.1 Å². The summed E-state index contributed by atoms with van der Waals surface area (Å²) < 4.78 is 2.88. The molecule has 22 heavy (non-hydrogen) atoms. The van der Waals surface area contributed by atoms with Gasteiger partial charge < -0.3 is 5.73 Å². The van der Waals surface area contributed by atoms with Crippen molar-refractivity contribution in [1.82, 2.24) is 34.6 Å². The topological polar surface area (TPSA) is 126 Å². The van der Waals surface area contributed by atoms with Gasteiger partial charge >= 0.3 is 0 Å². The lowest BCUT2D eigenvalue weighted by Crippen LogP contribution is -1.96. The molecule has 0 saturated heterocycles. The van der Waals surface area contributed by atoms with Gasteiger partial charge in [-0.2, -0.15) is 25.2 Å². The minimum absolute atomic E-state index is 0.385. The Labute approximate surface area is 123 Å². The molecule has 9 heteroatoms. The van der Waals surface area contributed by atoms with E-state index < -0.39 is 0 Å². The molecular formula is C13H9N9. The first kappa shape index (κ1) is 12.1. The summed E-state index contributed by atoms with van der Waals surface area (Å²) in [5.41, 5.74) is 9.17. The lowest BCUT2D eigenvalue weighted by atomic mass is 10.2. The Bertz CT molecular complexity index is 1010. The fourth-order valence-corrected chi connectivity index (χ4v) is 2.24. The minimum Gasteiger partial charge on any atom is -0.382 e.